The summed E-state index contributed by atoms with van der Waals surface area (Å²) in [6.45, 7) is 8.79. The Balaban J connectivity index is 2.94. The summed E-state index contributed by atoms with van der Waals surface area (Å²) in [5, 5.41) is 2.43. The number of amides is 1. The van der Waals surface area contributed by atoms with E-state index >= 15 is 0 Å². The van der Waals surface area contributed by atoms with Gasteiger partial charge in [-0.3, -0.25) is 0 Å². The van der Waals surface area contributed by atoms with Crippen LogP contribution in [0.15, 0.2) is 12.1 Å². The van der Waals surface area contributed by atoms with Crippen LogP contribution in [0.2, 0.25) is 0 Å². The average molecular weight is 325 g/mol. The Kier molecular flexibility index (Phi) is 6.12. The van der Waals surface area contributed by atoms with E-state index < -0.39 is 29.5 Å². The third-order valence-electron chi connectivity index (χ3n) is 3.26. The van der Waals surface area contributed by atoms with Crippen LogP contribution < -0.4 is 5.32 Å². The molecule has 5 nitrogen and oxygen atoms in total. The van der Waals surface area contributed by atoms with E-state index in [1.807, 2.05) is 6.92 Å². The molecule has 1 amide bonds. The van der Waals surface area contributed by atoms with Gasteiger partial charge < -0.3 is 14.8 Å². The first-order valence-corrected chi connectivity index (χ1v) is 7.36. The molecule has 1 aromatic carbocycles. The van der Waals surface area contributed by atoms with Gasteiger partial charge in [0.05, 0.1) is 7.11 Å². The minimum atomic E-state index is -1.02. The van der Waals surface area contributed by atoms with Gasteiger partial charge in [-0.2, -0.15) is 0 Å². The molecule has 0 bridgehead atoms. The molecule has 0 fully saturated rings. The highest BCUT2D eigenvalue weighted by molar-refractivity contribution is 5.81. The molecule has 0 saturated carbocycles. The highest BCUT2D eigenvalue weighted by Gasteiger charge is 2.26. The lowest BCUT2D eigenvalue weighted by Gasteiger charge is -2.23. The number of alkyl carbamates (subject to hydrolysis) is 1. The first-order valence-electron chi connectivity index (χ1n) is 7.36. The molecule has 1 atom stereocenters. The minimum absolute atomic E-state index is 0.0150. The van der Waals surface area contributed by atoms with Crippen molar-refractivity contribution < 1.29 is 23.5 Å². The number of rotatable bonds is 4. The molecule has 6 heteroatoms. The fraction of sp³-hybridized carbons (Fsp3) is 0.529. The Labute approximate surface area is 136 Å². The van der Waals surface area contributed by atoms with E-state index in [1.165, 1.54) is 13.2 Å². The summed E-state index contributed by atoms with van der Waals surface area (Å²) in [6.07, 6.45) is -0.768. The lowest BCUT2D eigenvalue weighted by molar-refractivity contribution is -0.143. The van der Waals surface area contributed by atoms with Crippen molar-refractivity contribution in [1.29, 1.82) is 0 Å². The summed E-state index contributed by atoms with van der Waals surface area (Å²) in [6, 6.07) is 2.05. The zero-order chi connectivity index (χ0) is 17.8. The van der Waals surface area contributed by atoms with Crippen molar-refractivity contribution in [1.82, 2.24) is 5.32 Å². The molecular formula is C17H24FNO4. The largest absolute Gasteiger partial charge is 0.467 e. The lowest BCUT2D eigenvalue weighted by atomic mass is 10.00. The van der Waals surface area contributed by atoms with Gasteiger partial charge in [-0.1, -0.05) is 6.07 Å². The van der Waals surface area contributed by atoms with Crippen molar-refractivity contribution in [2.45, 2.75) is 52.7 Å². The second kappa shape index (κ2) is 7.44. The second-order valence-electron chi connectivity index (χ2n) is 6.45. The zero-order valence-corrected chi connectivity index (χ0v) is 14.5. The van der Waals surface area contributed by atoms with Crippen LogP contribution in [-0.4, -0.2) is 30.8 Å². The van der Waals surface area contributed by atoms with Crippen molar-refractivity contribution in [3.8, 4) is 0 Å². The van der Waals surface area contributed by atoms with Gasteiger partial charge in [0.15, 0.2) is 0 Å². The van der Waals surface area contributed by atoms with Gasteiger partial charge >= 0.3 is 12.1 Å². The van der Waals surface area contributed by atoms with Crippen LogP contribution in [0.25, 0.3) is 0 Å². The summed E-state index contributed by atoms with van der Waals surface area (Å²) in [4.78, 5) is 23.7. The van der Waals surface area contributed by atoms with Crippen molar-refractivity contribution in [3.05, 3.63) is 34.6 Å². The number of hydrogen-bond donors (Lipinski definition) is 1. The van der Waals surface area contributed by atoms with Crippen molar-refractivity contribution in [3.63, 3.8) is 0 Å². The molecule has 0 aliphatic heterocycles. The molecule has 0 aromatic heterocycles. The van der Waals surface area contributed by atoms with E-state index in [2.05, 4.69) is 10.1 Å². The van der Waals surface area contributed by atoms with Gasteiger partial charge in [0.25, 0.3) is 0 Å². The number of carbonyl (C=O) groups excluding carboxylic acids is 2. The number of esters is 1. The van der Waals surface area contributed by atoms with Gasteiger partial charge in [-0.25, -0.2) is 14.0 Å². The number of halogens is 1. The van der Waals surface area contributed by atoms with E-state index in [1.54, 1.807) is 33.8 Å². The first kappa shape index (κ1) is 18.9. The van der Waals surface area contributed by atoms with Gasteiger partial charge in [0, 0.05) is 6.42 Å². The maximum absolute atomic E-state index is 14.1. The van der Waals surface area contributed by atoms with Crippen LogP contribution in [0, 0.1) is 19.7 Å². The van der Waals surface area contributed by atoms with E-state index in [4.69, 9.17) is 4.74 Å². The van der Waals surface area contributed by atoms with E-state index in [0.717, 1.165) is 11.1 Å². The van der Waals surface area contributed by atoms with Gasteiger partial charge in [0.2, 0.25) is 0 Å². The Hall–Kier alpha value is -2.11. The van der Waals surface area contributed by atoms with Crippen molar-refractivity contribution in [2.75, 3.05) is 7.11 Å². The maximum atomic E-state index is 14.1. The molecule has 1 rings (SSSR count). The van der Waals surface area contributed by atoms with Crippen LogP contribution in [0.3, 0.4) is 0 Å². The van der Waals surface area contributed by atoms with Gasteiger partial charge in [-0.15, -0.1) is 0 Å². The predicted molar refractivity (Wildman–Crippen MR) is 84.8 cm³/mol. The summed E-state index contributed by atoms with van der Waals surface area (Å²) >= 11 is 0. The van der Waals surface area contributed by atoms with Crippen LogP contribution in [0.1, 0.15) is 37.5 Å². The first-order chi connectivity index (χ1) is 10.5. The normalized spacial score (nSPS) is 12.5. The number of methoxy groups -OCH3 is 1. The van der Waals surface area contributed by atoms with Crippen LogP contribution in [-0.2, 0) is 20.7 Å². The molecule has 0 aliphatic carbocycles. The summed E-state index contributed by atoms with van der Waals surface area (Å²) in [5.74, 6) is -1.08. The van der Waals surface area contributed by atoms with Gasteiger partial charge in [0.1, 0.15) is 17.5 Å². The number of ether oxygens (including phenoxy) is 2. The Morgan fingerprint density at radius 1 is 1.22 bits per heavy atom. The molecule has 0 radical (unpaired) electrons. The Bertz CT molecular complexity index is 593. The van der Waals surface area contributed by atoms with Crippen LogP contribution >= 0.6 is 0 Å². The molecule has 0 heterocycles. The number of carbonyl (C=O) groups is 2. The fourth-order valence-corrected chi connectivity index (χ4v) is 2.00. The molecule has 0 saturated heterocycles. The monoisotopic (exact) mass is 325 g/mol. The molecule has 0 unspecified atom stereocenters. The number of nitrogens with one attached hydrogen (secondary N) is 1. The minimum Gasteiger partial charge on any atom is -0.467 e. The van der Waals surface area contributed by atoms with E-state index in [-0.39, 0.29) is 6.42 Å². The number of hydrogen-bond acceptors (Lipinski definition) is 4. The van der Waals surface area contributed by atoms with Crippen LogP contribution in [0.4, 0.5) is 9.18 Å². The highest BCUT2D eigenvalue weighted by Crippen LogP contribution is 2.17. The van der Waals surface area contributed by atoms with Gasteiger partial charge in [-0.05, 0) is 57.4 Å². The van der Waals surface area contributed by atoms with E-state index in [0.29, 0.717) is 5.56 Å². The molecular weight excluding hydrogens is 301 g/mol. The van der Waals surface area contributed by atoms with Crippen molar-refractivity contribution in [2.24, 2.45) is 0 Å². The lowest BCUT2D eigenvalue weighted by Crippen LogP contribution is -2.45. The smallest absolute Gasteiger partial charge is 0.408 e. The predicted octanol–water partition coefficient (Wildman–Crippen LogP) is 3.05. The number of aryl methyl sites for hydroxylation is 2. The maximum Gasteiger partial charge on any atom is 0.408 e. The zero-order valence-electron chi connectivity index (χ0n) is 14.5. The van der Waals surface area contributed by atoms with Crippen LogP contribution in [0.5, 0.6) is 0 Å². The molecule has 128 valence electrons. The highest BCUT2D eigenvalue weighted by atomic mass is 19.1. The Morgan fingerprint density at radius 2 is 1.78 bits per heavy atom. The SMILES string of the molecule is COC(=O)[C@H](Cc1cc(C)c(C)cc1F)NC(=O)OC(C)(C)C. The average Bonchev–Trinajstić information content (AvgIpc) is 2.40. The quantitative estimate of drug-likeness (QED) is 0.864. The summed E-state index contributed by atoms with van der Waals surface area (Å²) < 4.78 is 23.9. The Morgan fingerprint density at radius 3 is 2.30 bits per heavy atom. The molecule has 0 aliphatic rings. The second-order valence-corrected chi connectivity index (χ2v) is 6.45. The topological polar surface area (TPSA) is 64.6 Å². The fourth-order valence-electron chi connectivity index (χ4n) is 2.00. The standard InChI is InChI=1S/C17H24FNO4/c1-10-7-12(13(18)8-11(10)2)9-14(15(20)22-6)19-16(21)23-17(3,4)5/h7-8,14H,9H2,1-6H3,(H,19,21)/t14-/m0/s1. The third-order valence-corrected chi connectivity index (χ3v) is 3.26. The molecule has 23 heavy (non-hydrogen) atoms. The van der Waals surface area contributed by atoms with E-state index in [9.17, 15) is 14.0 Å². The third kappa shape index (κ3) is 5.88. The molecule has 0 spiro atoms. The summed E-state index contributed by atoms with van der Waals surface area (Å²) in [7, 11) is 1.21. The van der Waals surface area contributed by atoms with Crippen molar-refractivity contribution >= 4 is 12.1 Å². The number of benzene rings is 1. The molecule has 1 aromatic rings. The summed E-state index contributed by atoms with van der Waals surface area (Å²) in [5.41, 5.74) is 1.36. The molecule has 1 N–H and O–H groups in total.